The number of ether oxygens (including phenoxy) is 1. The van der Waals surface area contributed by atoms with Gasteiger partial charge in [0, 0.05) is 19.7 Å². The summed E-state index contributed by atoms with van der Waals surface area (Å²) < 4.78 is 7.43. The van der Waals surface area contributed by atoms with Crippen molar-refractivity contribution < 1.29 is 9.53 Å². The highest BCUT2D eigenvalue weighted by Crippen LogP contribution is 2.26. The van der Waals surface area contributed by atoms with Crippen LogP contribution in [0.15, 0.2) is 0 Å². The Morgan fingerprint density at radius 1 is 1.50 bits per heavy atom. The molecule has 2 atom stereocenters. The number of hydrogen-bond donors (Lipinski definition) is 1. The van der Waals surface area contributed by atoms with Gasteiger partial charge in [-0.3, -0.25) is 9.48 Å². The molecule has 1 aromatic rings. The van der Waals surface area contributed by atoms with E-state index in [1.165, 1.54) is 4.68 Å². The molecule has 0 aromatic carbocycles. The molecule has 1 aliphatic heterocycles. The first-order valence-electron chi connectivity index (χ1n) is 8.09. The van der Waals surface area contributed by atoms with Crippen molar-refractivity contribution in [2.24, 2.45) is 13.0 Å². The van der Waals surface area contributed by atoms with Crippen LogP contribution in [0.5, 0.6) is 0 Å². The molecule has 124 valence electrons. The predicted octanol–water partition coefficient (Wildman–Crippen LogP) is 3.10. The number of rotatable bonds is 5. The van der Waals surface area contributed by atoms with E-state index in [9.17, 15) is 4.79 Å². The summed E-state index contributed by atoms with van der Waals surface area (Å²) in [5.41, 5.74) is 1.14. The highest BCUT2D eigenvalue weighted by atomic mass is 35.5. The number of aryl methyl sites for hydroxylation is 2. The van der Waals surface area contributed by atoms with Crippen molar-refractivity contribution in [3.8, 4) is 0 Å². The van der Waals surface area contributed by atoms with E-state index in [1.54, 1.807) is 14.0 Å². The van der Waals surface area contributed by atoms with Crippen molar-refractivity contribution in [3.05, 3.63) is 16.4 Å². The second-order valence-corrected chi connectivity index (χ2v) is 6.41. The SMILES string of the molecule is CCC(CC)[C@H]1C[C@H](NC(=O)c2c(C)nn(C)c2Cl)CCO1. The molecule has 2 rings (SSSR count). The van der Waals surface area contributed by atoms with Crippen molar-refractivity contribution in [3.63, 3.8) is 0 Å². The van der Waals surface area contributed by atoms with E-state index in [-0.39, 0.29) is 18.1 Å². The van der Waals surface area contributed by atoms with Gasteiger partial charge >= 0.3 is 0 Å². The maximum Gasteiger partial charge on any atom is 0.256 e. The lowest BCUT2D eigenvalue weighted by Crippen LogP contribution is -2.44. The van der Waals surface area contributed by atoms with Gasteiger partial charge in [0.05, 0.1) is 17.4 Å². The monoisotopic (exact) mass is 327 g/mol. The molecular weight excluding hydrogens is 302 g/mol. The zero-order valence-electron chi connectivity index (χ0n) is 13.9. The Bertz CT molecular complexity index is 526. The number of carbonyl (C=O) groups is 1. The summed E-state index contributed by atoms with van der Waals surface area (Å²) in [6.45, 7) is 6.89. The average Bonchev–Trinajstić information content (AvgIpc) is 2.74. The molecular formula is C16H26ClN3O2. The third kappa shape index (κ3) is 3.63. The minimum Gasteiger partial charge on any atom is -0.378 e. The number of nitrogens with zero attached hydrogens (tertiary/aromatic N) is 2. The van der Waals surface area contributed by atoms with Crippen molar-refractivity contribution in [1.82, 2.24) is 15.1 Å². The summed E-state index contributed by atoms with van der Waals surface area (Å²) in [4.78, 5) is 12.5. The van der Waals surface area contributed by atoms with Gasteiger partial charge in [0.2, 0.25) is 0 Å². The molecule has 1 saturated heterocycles. The molecule has 1 aromatic heterocycles. The maximum atomic E-state index is 12.5. The van der Waals surface area contributed by atoms with Gasteiger partial charge in [0.15, 0.2) is 0 Å². The van der Waals surface area contributed by atoms with Gasteiger partial charge in [-0.05, 0) is 25.7 Å². The van der Waals surface area contributed by atoms with E-state index in [4.69, 9.17) is 16.3 Å². The van der Waals surface area contributed by atoms with Crippen LogP contribution in [0.3, 0.4) is 0 Å². The summed E-state index contributed by atoms with van der Waals surface area (Å²) in [7, 11) is 1.74. The fourth-order valence-electron chi connectivity index (χ4n) is 3.25. The van der Waals surface area contributed by atoms with Crippen LogP contribution in [0.25, 0.3) is 0 Å². The summed E-state index contributed by atoms with van der Waals surface area (Å²) in [5, 5.41) is 7.69. The van der Waals surface area contributed by atoms with E-state index >= 15 is 0 Å². The molecule has 2 heterocycles. The van der Waals surface area contributed by atoms with Crippen LogP contribution < -0.4 is 5.32 Å². The van der Waals surface area contributed by atoms with Crippen LogP contribution in [-0.4, -0.2) is 34.4 Å². The van der Waals surface area contributed by atoms with Crippen LogP contribution in [0.2, 0.25) is 5.15 Å². The predicted molar refractivity (Wildman–Crippen MR) is 87.3 cm³/mol. The van der Waals surface area contributed by atoms with Crippen molar-refractivity contribution >= 4 is 17.5 Å². The molecule has 22 heavy (non-hydrogen) atoms. The molecule has 0 aliphatic carbocycles. The molecule has 0 spiro atoms. The number of amides is 1. The first-order valence-corrected chi connectivity index (χ1v) is 8.47. The van der Waals surface area contributed by atoms with E-state index in [2.05, 4.69) is 24.3 Å². The van der Waals surface area contributed by atoms with Crippen LogP contribution in [-0.2, 0) is 11.8 Å². The largest absolute Gasteiger partial charge is 0.378 e. The molecule has 0 unspecified atom stereocenters. The molecule has 1 aliphatic rings. The fourth-order valence-corrected chi connectivity index (χ4v) is 3.51. The Labute approximate surface area is 137 Å². The van der Waals surface area contributed by atoms with E-state index in [0.29, 0.717) is 28.9 Å². The molecule has 5 nitrogen and oxygen atoms in total. The van der Waals surface area contributed by atoms with Crippen LogP contribution >= 0.6 is 11.6 Å². The molecule has 1 N–H and O–H groups in total. The van der Waals surface area contributed by atoms with Gasteiger partial charge in [0.1, 0.15) is 5.15 Å². The van der Waals surface area contributed by atoms with Crippen molar-refractivity contribution in [2.45, 2.75) is 58.6 Å². The summed E-state index contributed by atoms with van der Waals surface area (Å²) in [6, 6.07) is 0.141. The van der Waals surface area contributed by atoms with Gasteiger partial charge in [-0.25, -0.2) is 0 Å². The normalized spacial score (nSPS) is 22.1. The molecule has 6 heteroatoms. The number of carbonyl (C=O) groups excluding carboxylic acids is 1. The average molecular weight is 328 g/mol. The fraction of sp³-hybridized carbons (Fsp3) is 0.750. The van der Waals surface area contributed by atoms with Crippen LogP contribution in [0.4, 0.5) is 0 Å². The minimum atomic E-state index is -0.134. The first kappa shape index (κ1) is 17.3. The summed E-state index contributed by atoms with van der Waals surface area (Å²) in [5.74, 6) is 0.425. The van der Waals surface area contributed by atoms with Gasteiger partial charge < -0.3 is 10.1 Å². The van der Waals surface area contributed by atoms with Crippen LogP contribution in [0.1, 0.15) is 55.6 Å². The smallest absolute Gasteiger partial charge is 0.256 e. The third-order valence-corrected chi connectivity index (χ3v) is 5.04. The zero-order valence-corrected chi connectivity index (χ0v) is 14.6. The van der Waals surface area contributed by atoms with Gasteiger partial charge in [-0.1, -0.05) is 38.3 Å². The number of hydrogen-bond acceptors (Lipinski definition) is 3. The Balaban J connectivity index is 2.02. The molecule has 1 amide bonds. The first-order chi connectivity index (χ1) is 10.5. The van der Waals surface area contributed by atoms with E-state index in [1.807, 2.05) is 0 Å². The molecule has 0 radical (unpaired) electrons. The topological polar surface area (TPSA) is 56.2 Å². The number of aromatic nitrogens is 2. The van der Waals surface area contributed by atoms with Crippen molar-refractivity contribution in [2.75, 3.05) is 6.61 Å². The third-order valence-electron chi connectivity index (χ3n) is 4.60. The van der Waals surface area contributed by atoms with Gasteiger partial charge in [0.25, 0.3) is 5.91 Å². The number of halogens is 1. The molecule has 0 bridgehead atoms. The van der Waals surface area contributed by atoms with E-state index in [0.717, 1.165) is 25.7 Å². The second kappa shape index (κ2) is 7.47. The zero-order chi connectivity index (χ0) is 16.3. The lowest BCUT2D eigenvalue weighted by molar-refractivity contribution is -0.0337. The Kier molecular flexibility index (Phi) is 5.87. The Hall–Kier alpha value is -1.07. The van der Waals surface area contributed by atoms with E-state index < -0.39 is 0 Å². The standard InChI is InChI=1S/C16H26ClN3O2/c1-5-11(6-2)13-9-12(7-8-22-13)18-16(21)14-10(3)19-20(4)15(14)17/h11-13H,5-9H2,1-4H3,(H,18,21)/t12-,13-/m1/s1. The lowest BCUT2D eigenvalue weighted by atomic mass is 9.89. The molecule has 1 fully saturated rings. The second-order valence-electron chi connectivity index (χ2n) is 6.06. The van der Waals surface area contributed by atoms with Gasteiger partial charge in [-0.2, -0.15) is 5.10 Å². The highest BCUT2D eigenvalue weighted by Gasteiger charge is 2.29. The summed E-state index contributed by atoms with van der Waals surface area (Å²) >= 11 is 6.17. The lowest BCUT2D eigenvalue weighted by Gasteiger charge is -2.34. The number of nitrogens with one attached hydrogen (secondary N) is 1. The minimum absolute atomic E-state index is 0.134. The maximum absolute atomic E-state index is 12.5. The Morgan fingerprint density at radius 3 is 2.73 bits per heavy atom. The summed E-state index contributed by atoms with van der Waals surface area (Å²) in [6.07, 6.45) is 4.17. The highest BCUT2D eigenvalue weighted by molar-refractivity contribution is 6.33. The quantitative estimate of drug-likeness (QED) is 0.904. The Morgan fingerprint density at radius 2 is 2.18 bits per heavy atom. The van der Waals surface area contributed by atoms with Crippen molar-refractivity contribution in [1.29, 1.82) is 0 Å². The molecule has 0 saturated carbocycles. The van der Waals surface area contributed by atoms with Crippen LogP contribution in [0, 0.1) is 12.8 Å². The van der Waals surface area contributed by atoms with Gasteiger partial charge in [-0.15, -0.1) is 0 Å².